The highest BCUT2D eigenvalue weighted by Crippen LogP contribution is 2.30. The topological polar surface area (TPSA) is 109 Å². The molecule has 2 aliphatic heterocycles. The Bertz CT molecular complexity index is 1770. The number of benzene rings is 3. The first-order valence-corrected chi connectivity index (χ1v) is 17.0. The van der Waals surface area contributed by atoms with E-state index in [1.165, 1.54) is 0 Å². The highest BCUT2D eigenvalue weighted by atomic mass is 32.2. The number of pyridine rings is 1. The van der Waals surface area contributed by atoms with Crippen LogP contribution in [0.1, 0.15) is 16.8 Å². The number of phenolic OH excluding ortho intramolecular Hbond substituents is 1. The predicted molar refractivity (Wildman–Crippen MR) is 185 cm³/mol. The third-order valence-corrected chi connectivity index (χ3v) is 9.32. The highest BCUT2D eigenvalue weighted by Gasteiger charge is 2.51. The molecule has 0 radical (unpaired) electrons. The second-order valence-corrected chi connectivity index (χ2v) is 12.6. The van der Waals surface area contributed by atoms with Gasteiger partial charge >= 0.3 is 6.03 Å². The summed E-state index contributed by atoms with van der Waals surface area (Å²) >= 11 is 1.67. The lowest BCUT2D eigenvalue weighted by Crippen LogP contribution is -2.76. The molecule has 2 fully saturated rings. The number of phenols is 1. The summed E-state index contributed by atoms with van der Waals surface area (Å²) in [5, 5.41) is 16.1. The Hall–Kier alpha value is -5.13. The minimum Gasteiger partial charge on any atom is -0.508 e. The Kier molecular flexibility index (Phi) is 10.1. The number of fused-ring (bicyclic) bond motifs is 1. The smallest absolute Gasteiger partial charge is 0.334 e. The molecule has 11 heteroatoms. The lowest BCUT2D eigenvalue weighted by Gasteiger charge is -2.55. The summed E-state index contributed by atoms with van der Waals surface area (Å²) in [5.41, 5.74) is 4.17. The molecule has 246 valence electrons. The van der Waals surface area contributed by atoms with E-state index in [9.17, 15) is 19.5 Å². The van der Waals surface area contributed by atoms with Gasteiger partial charge < -0.3 is 20.2 Å². The van der Waals surface area contributed by atoms with Crippen molar-refractivity contribution >= 4 is 29.6 Å². The first-order chi connectivity index (χ1) is 23.3. The van der Waals surface area contributed by atoms with E-state index in [0.717, 1.165) is 27.3 Å². The number of thioether (sulfide) groups is 1. The summed E-state index contributed by atoms with van der Waals surface area (Å²) in [6.45, 7) is 4.63. The zero-order valence-electron chi connectivity index (χ0n) is 26.7. The van der Waals surface area contributed by atoms with Gasteiger partial charge in [-0.25, -0.2) is 14.8 Å². The Labute approximate surface area is 284 Å². The van der Waals surface area contributed by atoms with Crippen molar-refractivity contribution in [2.75, 3.05) is 25.9 Å². The van der Waals surface area contributed by atoms with Crippen LogP contribution in [-0.4, -0.2) is 85.9 Å². The van der Waals surface area contributed by atoms with Crippen molar-refractivity contribution in [1.29, 1.82) is 0 Å². The van der Waals surface area contributed by atoms with E-state index >= 15 is 0 Å². The van der Waals surface area contributed by atoms with Crippen LogP contribution >= 0.6 is 11.8 Å². The number of hydrazine groups is 1. The third kappa shape index (κ3) is 7.22. The molecular formula is C37H38N6O4S. The van der Waals surface area contributed by atoms with Gasteiger partial charge in [0, 0.05) is 30.0 Å². The lowest BCUT2D eigenvalue weighted by molar-refractivity contribution is -0.189. The Morgan fingerprint density at radius 2 is 1.73 bits per heavy atom. The summed E-state index contributed by atoms with van der Waals surface area (Å²) in [5.74, 6) is -0.372. The number of piperazine rings is 1. The Balaban J connectivity index is 1.33. The molecule has 10 nitrogen and oxygen atoms in total. The van der Waals surface area contributed by atoms with Gasteiger partial charge in [0.05, 0.1) is 31.0 Å². The molecule has 4 aromatic rings. The molecule has 48 heavy (non-hydrogen) atoms. The summed E-state index contributed by atoms with van der Waals surface area (Å²) in [6.07, 6.45) is 3.13. The van der Waals surface area contributed by atoms with Gasteiger partial charge in [-0.1, -0.05) is 66.7 Å². The summed E-state index contributed by atoms with van der Waals surface area (Å²) in [4.78, 5) is 51.4. The molecule has 3 aromatic carbocycles. The van der Waals surface area contributed by atoms with E-state index in [1.54, 1.807) is 61.9 Å². The number of hydrogen-bond acceptors (Lipinski definition) is 7. The van der Waals surface area contributed by atoms with Crippen molar-refractivity contribution in [3.8, 4) is 17.0 Å². The normalized spacial score (nSPS) is 18.1. The molecule has 0 aliphatic carbocycles. The Morgan fingerprint density at radius 1 is 0.979 bits per heavy atom. The molecule has 2 N–H and O–H groups in total. The van der Waals surface area contributed by atoms with Crippen LogP contribution in [0.15, 0.2) is 115 Å². The molecule has 2 saturated heterocycles. The fraction of sp³-hybridized carbons (Fsp3) is 0.243. The number of carbonyl (C=O) groups is 3. The molecule has 3 heterocycles. The maximum Gasteiger partial charge on any atom is 0.334 e. The zero-order valence-corrected chi connectivity index (χ0v) is 27.6. The molecule has 6 rings (SSSR count). The van der Waals surface area contributed by atoms with Crippen molar-refractivity contribution in [3.63, 3.8) is 0 Å². The molecule has 1 unspecified atom stereocenters. The van der Waals surface area contributed by atoms with Crippen molar-refractivity contribution in [2.24, 2.45) is 0 Å². The molecule has 0 spiro atoms. The summed E-state index contributed by atoms with van der Waals surface area (Å²) < 4.78 is 0. The lowest BCUT2D eigenvalue weighted by atomic mass is 9.98. The molecule has 1 aromatic heterocycles. The molecule has 0 bridgehead atoms. The average molecular weight is 663 g/mol. The quantitative estimate of drug-likeness (QED) is 0.184. The van der Waals surface area contributed by atoms with Gasteiger partial charge in [-0.15, -0.1) is 18.3 Å². The van der Waals surface area contributed by atoms with Gasteiger partial charge in [-0.3, -0.25) is 14.6 Å². The average Bonchev–Trinajstić information content (AvgIpc) is 3.10. The van der Waals surface area contributed by atoms with Crippen LogP contribution in [0.3, 0.4) is 0 Å². The Morgan fingerprint density at radius 3 is 2.44 bits per heavy atom. The largest absolute Gasteiger partial charge is 0.508 e. The van der Waals surface area contributed by atoms with Crippen LogP contribution in [0.5, 0.6) is 5.75 Å². The first kappa shape index (κ1) is 32.8. The van der Waals surface area contributed by atoms with Gasteiger partial charge in [0.25, 0.3) is 0 Å². The first-order valence-electron chi connectivity index (χ1n) is 15.8. The van der Waals surface area contributed by atoms with E-state index in [-0.39, 0.29) is 56.2 Å². The molecule has 2 atom stereocenters. The molecule has 2 aliphatic rings. The van der Waals surface area contributed by atoms with Crippen molar-refractivity contribution in [1.82, 2.24) is 30.1 Å². The number of rotatable bonds is 10. The van der Waals surface area contributed by atoms with Crippen molar-refractivity contribution in [2.45, 2.75) is 36.6 Å². The van der Waals surface area contributed by atoms with E-state index in [0.29, 0.717) is 12.2 Å². The number of aromatic hydroxyl groups is 1. The van der Waals surface area contributed by atoms with Gasteiger partial charge in [-0.2, -0.15) is 0 Å². The standard InChI is InChI=1S/C37H38N6O4S/c1-3-20-41-25-35(45)42-33(21-26-12-16-30(44)17-13-26)36(46)40(24-34(42)43(41)37(47)38-22-27-8-5-4-6-9-27)23-29-10-7-11-32(39-29)28-14-18-31(48-2)19-15-28/h3-19,33-34,44H,1,20-25H2,2H3,(H,38,47)/t33?,34-/m0/s1. The number of nitrogens with zero attached hydrogens (tertiary/aromatic N) is 5. The van der Waals surface area contributed by atoms with E-state index in [4.69, 9.17) is 4.98 Å². The molecule has 4 amide bonds. The highest BCUT2D eigenvalue weighted by molar-refractivity contribution is 7.98. The van der Waals surface area contributed by atoms with Crippen molar-refractivity contribution in [3.05, 3.63) is 127 Å². The van der Waals surface area contributed by atoms with Crippen LogP contribution in [0.25, 0.3) is 11.3 Å². The van der Waals surface area contributed by atoms with Crippen molar-refractivity contribution < 1.29 is 19.5 Å². The molecule has 0 saturated carbocycles. The monoisotopic (exact) mass is 662 g/mol. The second-order valence-electron chi connectivity index (χ2n) is 11.8. The van der Waals surface area contributed by atoms with Gasteiger partial charge in [-0.05, 0) is 53.8 Å². The molecular weight excluding hydrogens is 625 g/mol. The number of carbonyl (C=O) groups excluding carboxylic acids is 3. The number of amides is 4. The zero-order chi connectivity index (χ0) is 33.6. The van der Waals surface area contributed by atoms with E-state index in [2.05, 4.69) is 24.0 Å². The number of urea groups is 1. The fourth-order valence-corrected chi connectivity index (χ4v) is 6.65. The second kappa shape index (κ2) is 14.7. The van der Waals surface area contributed by atoms with Gasteiger partial charge in [0.2, 0.25) is 11.8 Å². The van der Waals surface area contributed by atoms with Crippen LogP contribution in [0.2, 0.25) is 0 Å². The van der Waals surface area contributed by atoms with Gasteiger partial charge in [0.15, 0.2) is 0 Å². The summed E-state index contributed by atoms with van der Waals surface area (Å²) in [7, 11) is 0. The van der Waals surface area contributed by atoms with Crippen LogP contribution in [0, 0.1) is 0 Å². The van der Waals surface area contributed by atoms with E-state index in [1.807, 2.05) is 66.9 Å². The SMILES string of the molecule is C=CCN1CC(=O)N2C(Cc3ccc(O)cc3)C(=O)N(Cc3cccc(-c4ccc(SC)cc4)n3)C[C@@H]2N1C(=O)NCc1ccccc1. The van der Waals surface area contributed by atoms with Gasteiger partial charge in [0.1, 0.15) is 18.0 Å². The maximum absolute atomic E-state index is 14.3. The minimum atomic E-state index is -0.877. The predicted octanol–water partition coefficient (Wildman–Crippen LogP) is 4.91. The minimum absolute atomic E-state index is 0.0838. The number of aromatic nitrogens is 1. The number of hydrogen-bond donors (Lipinski definition) is 2. The van der Waals surface area contributed by atoms with Crippen LogP contribution < -0.4 is 5.32 Å². The maximum atomic E-state index is 14.3. The summed E-state index contributed by atoms with van der Waals surface area (Å²) in [6, 6.07) is 28.9. The van der Waals surface area contributed by atoms with Crippen LogP contribution in [-0.2, 0) is 29.1 Å². The fourth-order valence-electron chi connectivity index (χ4n) is 6.24. The number of nitrogens with one attached hydrogen (secondary N) is 1. The van der Waals surface area contributed by atoms with E-state index < -0.39 is 12.2 Å². The van der Waals surface area contributed by atoms with Crippen LogP contribution in [0.4, 0.5) is 4.79 Å². The third-order valence-electron chi connectivity index (χ3n) is 8.58.